The lowest BCUT2D eigenvalue weighted by Gasteiger charge is -2.08. The molecule has 1 amide bonds. The Labute approximate surface area is 155 Å². The van der Waals surface area contributed by atoms with Gasteiger partial charge in [0, 0.05) is 29.4 Å². The van der Waals surface area contributed by atoms with Gasteiger partial charge in [0.25, 0.3) is 5.91 Å². The molecule has 4 aromatic rings. The van der Waals surface area contributed by atoms with Crippen molar-refractivity contribution in [3.63, 3.8) is 0 Å². The number of rotatable bonds is 5. The lowest BCUT2D eigenvalue weighted by Crippen LogP contribution is -2.27. The summed E-state index contributed by atoms with van der Waals surface area (Å²) in [4.78, 5) is 16.5. The molecule has 0 atom stereocenters. The van der Waals surface area contributed by atoms with Gasteiger partial charge in [0.2, 0.25) is 0 Å². The predicted molar refractivity (Wildman–Crippen MR) is 102 cm³/mol. The summed E-state index contributed by atoms with van der Waals surface area (Å²) < 4.78 is 15.3. The number of hydrogen-bond donors (Lipinski definition) is 2. The van der Waals surface area contributed by atoms with E-state index in [9.17, 15) is 9.18 Å². The van der Waals surface area contributed by atoms with E-state index in [1.807, 2.05) is 24.3 Å². The van der Waals surface area contributed by atoms with Crippen LogP contribution in [0.3, 0.4) is 0 Å². The standard InChI is InChI=1S/C21H18FN3O2/c22-15-7-5-14(6-8-15)13-25-19-4-2-1-3-16(19)17-11-18(24-12-20(17)25)21(27)23-9-10-26/h1-8,11-12,26H,9-10,13H2,(H,23,27). The highest BCUT2D eigenvalue weighted by atomic mass is 19.1. The third-order valence-electron chi connectivity index (χ3n) is 4.54. The second-order valence-corrected chi connectivity index (χ2v) is 6.30. The molecule has 136 valence electrons. The molecule has 2 aromatic carbocycles. The van der Waals surface area contributed by atoms with E-state index in [0.717, 1.165) is 27.4 Å². The monoisotopic (exact) mass is 363 g/mol. The molecular weight excluding hydrogens is 345 g/mol. The van der Waals surface area contributed by atoms with E-state index in [1.165, 1.54) is 12.1 Å². The maximum Gasteiger partial charge on any atom is 0.269 e. The predicted octanol–water partition coefficient (Wildman–Crippen LogP) is 3.10. The highest BCUT2D eigenvalue weighted by Crippen LogP contribution is 2.29. The number of nitrogens with one attached hydrogen (secondary N) is 1. The highest BCUT2D eigenvalue weighted by molar-refractivity contribution is 6.09. The van der Waals surface area contributed by atoms with Crippen molar-refractivity contribution in [2.24, 2.45) is 0 Å². The van der Waals surface area contributed by atoms with Crippen LogP contribution in [0.4, 0.5) is 4.39 Å². The number of para-hydroxylation sites is 1. The average Bonchev–Trinajstić information content (AvgIpc) is 3.01. The molecular formula is C21H18FN3O2. The summed E-state index contributed by atoms with van der Waals surface area (Å²) in [5, 5.41) is 13.4. The summed E-state index contributed by atoms with van der Waals surface area (Å²) in [6, 6.07) is 16.1. The number of nitrogens with zero attached hydrogens (tertiary/aromatic N) is 2. The van der Waals surface area contributed by atoms with Crippen molar-refractivity contribution in [2.75, 3.05) is 13.2 Å². The first-order valence-corrected chi connectivity index (χ1v) is 8.68. The molecule has 4 rings (SSSR count). The van der Waals surface area contributed by atoms with Gasteiger partial charge in [-0.1, -0.05) is 30.3 Å². The molecule has 2 heterocycles. The van der Waals surface area contributed by atoms with E-state index in [1.54, 1.807) is 24.4 Å². The molecule has 0 radical (unpaired) electrons. The Kier molecular flexibility index (Phi) is 4.56. The number of amides is 1. The summed E-state index contributed by atoms with van der Waals surface area (Å²) in [6.07, 6.45) is 1.69. The zero-order chi connectivity index (χ0) is 18.8. The number of carbonyl (C=O) groups excluding carboxylic acids is 1. The van der Waals surface area contributed by atoms with Gasteiger partial charge in [-0.15, -0.1) is 0 Å². The minimum absolute atomic E-state index is 0.120. The Balaban J connectivity index is 1.82. The van der Waals surface area contributed by atoms with Crippen LogP contribution in [0, 0.1) is 5.82 Å². The second kappa shape index (κ2) is 7.17. The van der Waals surface area contributed by atoms with Crippen molar-refractivity contribution < 1.29 is 14.3 Å². The lowest BCUT2D eigenvalue weighted by atomic mass is 10.1. The van der Waals surface area contributed by atoms with Crippen LogP contribution >= 0.6 is 0 Å². The second-order valence-electron chi connectivity index (χ2n) is 6.30. The molecule has 2 N–H and O–H groups in total. The Morgan fingerprint density at radius 2 is 1.85 bits per heavy atom. The number of aliphatic hydroxyl groups is 1. The quantitative estimate of drug-likeness (QED) is 0.573. The number of halogens is 1. The van der Waals surface area contributed by atoms with E-state index in [-0.39, 0.29) is 24.9 Å². The normalized spacial score (nSPS) is 11.2. The largest absolute Gasteiger partial charge is 0.395 e. The Hall–Kier alpha value is -3.25. The number of pyridine rings is 1. The van der Waals surface area contributed by atoms with Crippen LogP contribution in [0.25, 0.3) is 21.8 Å². The summed E-state index contributed by atoms with van der Waals surface area (Å²) >= 11 is 0. The lowest BCUT2D eigenvalue weighted by molar-refractivity contribution is 0.0940. The fraction of sp³-hybridized carbons (Fsp3) is 0.143. The van der Waals surface area contributed by atoms with Crippen LogP contribution < -0.4 is 5.32 Å². The molecule has 0 unspecified atom stereocenters. The summed E-state index contributed by atoms with van der Waals surface area (Å²) in [7, 11) is 0. The van der Waals surface area contributed by atoms with Crippen LogP contribution in [0.1, 0.15) is 16.1 Å². The van der Waals surface area contributed by atoms with E-state index in [0.29, 0.717) is 12.2 Å². The summed E-state index contributed by atoms with van der Waals surface area (Å²) in [6.45, 7) is 0.637. The summed E-state index contributed by atoms with van der Waals surface area (Å²) in [5.74, 6) is -0.581. The van der Waals surface area contributed by atoms with Crippen molar-refractivity contribution in [2.45, 2.75) is 6.54 Å². The van der Waals surface area contributed by atoms with Gasteiger partial charge >= 0.3 is 0 Å². The van der Waals surface area contributed by atoms with Gasteiger partial charge in [-0.05, 0) is 29.8 Å². The molecule has 0 aliphatic heterocycles. The van der Waals surface area contributed by atoms with Gasteiger partial charge in [0.05, 0.1) is 18.3 Å². The maximum atomic E-state index is 13.2. The molecule has 0 bridgehead atoms. The first-order chi connectivity index (χ1) is 13.2. The van der Waals surface area contributed by atoms with E-state index in [2.05, 4.69) is 14.9 Å². The minimum atomic E-state index is -0.318. The van der Waals surface area contributed by atoms with E-state index < -0.39 is 0 Å². The van der Waals surface area contributed by atoms with Crippen LogP contribution in [0.2, 0.25) is 0 Å². The molecule has 0 aliphatic carbocycles. The molecule has 6 heteroatoms. The van der Waals surface area contributed by atoms with Crippen LogP contribution in [-0.2, 0) is 6.54 Å². The zero-order valence-corrected chi connectivity index (χ0v) is 14.5. The number of aliphatic hydroxyl groups excluding tert-OH is 1. The van der Waals surface area contributed by atoms with Gasteiger partial charge < -0.3 is 15.0 Å². The number of hydrogen-bond acceptors (Lipinski definition) is 3. The maximum absolute atomic E-state index is 13.2. The molecule has 0 spiro atoms. The van der Waals surface area contributed by atoms with Crippen LogP contribution in [0.5, 0.6) is 0 Å². The van der Waals surface area contributed by atoms with Gasteiger partial charge in [-0.2, -0.15) is 0 Å². The van der Waals surface area contributed by atoms with Crippen LogP contribution in [-0.4, -0.2) is 33.7 Å². The van der Waals surface area contributed by atoms with Crippen molar-refractivity contribution in [1.82, 2.24) is 14.9 Å². The minimum Gasteiger partial charge on any atom is -0.395 e. The van der Waals surface area contributed by atoms with Gasteiger partial charge in [-0.25, -0.2) is 9.37 Å². The number of aromatic nitrogens is 2. The highest BCUT2D eigenvalue weighted by Gasteiger charge is 2.14. The van der Waals surface area contributed by atoms with Gasteiger partial charge in [0.15, 0.2) is 0 Å². The average molecular weight is 363 g/mol. The summed E-state index contributed by atoms with van der Waals surface area (Å²) in [5.41, 5.74) is 3.20. The van der Waals surface area contributed by atoms with E-state index in [4.69, 9.17) is 5.11 Å². The smallest absolute Gasteiger partial charge is 0.269 e. The molecule has 0 saturated carbocycles. The molecule has 0 fully saturated rings. The van der Waals surface area contributed by atoms with Crippen LogP contribution in [0.15, 0.2) is 60.8 Å². The van der Waals surface area contributed by atoms with Gasteiger partial charge in [-0.3, -0.25) is 4.79 Å². The fourth-order valence-corrected chi connectivity index (χ4v) is 3.27. The topological polar surface area (TPSA) is 67.2 Å². The van der Waals surface area contributed by atoms with Gasteiger partial charge in [0.1, 0.15) is 11.5 Å². The SMILES string of the molecule is O=C(NCCO)c1cc2c3ccccc3n(Cc3ccc(F)cc3)c2cn1. The van der Waals surface area contributed by atoms with E-state index >= 15 is 0 Å². The molecule has 27 heavy (non-hydrogen) atoms. The first-order valence-electron chi connectivity index (χ1n) is 8.68. The fourth-order valence-electron chi connectivity index (χ4n) is 3.27. The molecule has 0 aliphatic rings. The third kappa shape index (κ3) is 3.27. The molecule has 5 nitrogen and oxygen atoms in total. The molecule has 0 saturated heterocycles. The Bertz CT molecular complexity index is 1120. The number of benzene rings is 2. The van der Waals surface area contributed by atoms with Crippen molar-refractivity contribution in [3.8, 4) is 0 Å². The number of fused-ring (bicyclic) bond motifs is 3. The third-order valence-corrected chi connectivity index (χ3v) is 4.54. The molecule has 2 aromatic heterocycles. The Morgan fingerprint density at radius 3 is 2.63 bits per heavy atom. The van der Waals surface area contributed by atoms with Crippen molar-refractivity contribution >= 4 is 27.7 Å². The Morgan fingerprint density at radius 1 is 1.07 bits per heavy atom. The van der Waals surface area contributed by atoms with Crippen molar-refractivity contribution in [1.29, 1.82) is 0 Å². The first kappa shape index (κ1) is 17.2. The van der Waals surface area contributed by atoms with Crippen molar-refractivity contribution in [3.05, 3.63) is 77.9 Å². The number of carbonyl (C=O) groups is 1. The zero-order valence-electron chi connectivity index (χ0n) is 14.5.